The molecule has 2 aromatic rings. The van der Waals surface area contributed by atoms with Crippen LogP contribution in [0.25, 0.3) is 0 Å². The monoisotopic (exact) mass is 341 g/mol. The normalized spacial score (nSPS) is 12.1. The lowest BCUT2D eigenvalue weighted by molar-refractivity contribution is -0.142. The van der Waals surface area contributed by atoms with E-state index in [9.17, 15) is 9.90 Å². The van der Waals surface area contributed by atoms with Gasteiger partial charge in [0.1, 0.15) is 12.4 Å². The Morgan fingerprint density at radius 2 is 1.80 bits per heavy atom. The van der Waals surface area contributed by atoms with Gasteiger partial charge in [-0.1, -0.05) is 56.3 Å². The van der Waals surface area contributed by atoms with Crippen LogP contribution in [0.2, 0.25) is 0 Å². The van der Waals surface area contributed by atoms with Gasteiger partial charge in [0.25, 0.3) is 0 Å². The average Bonchev–Trinajstić information content (AvgIpc) is 2.60. The summed E-state index contributed by atoms with van der Waals surface area (Å²) in [6.07, 6.45) is 0.683. The molecule has 1 unspecified atom stereocenters. The highest BCUT2D eigenvalue weighted by atomic mass is 16.5. The van der Waals surface area contributed by atoms with Gasteiger partial charge >= 0.3 is 5.97 Å². The molecule has 0 saturated heterocycles. The van der Waals surface area contributed by atoms with Crippen LogP contribution in [-0.2, 0) is 17.9 Å². The minimum absolute atomic E-state index is 0.350. The molecule has 0 spiro atoms. The third-order valence-corrected chi connectivity index (χ3v) is 3.97. The van der Waals surface area contributed by atoms with Gasteiger partial charge in [-0.25, -0.2) is 0 Å². The number of benzene rings is 2. The van der Waals surface area contributed by atoms with E-state index in [2.05, 4.69) is 5.32 Å². The molecule has 0 aliphatic rings. The number of aliphatic carboxylic acids is 1. The van der Waals surface area contributed by atoms with Crippen molar-refractivity contribution in [3.8, 4) is 5.75 Å². The van der Waals surface area contributed by atoms with Crippen LogP contribution in [0, 0.1) is 11.8 Å². The first-order valence-corrected chi connectivity index (χ1v) is 8.73. The number of carbonyl (C=O) groups is 1. The molecule has 4 nitrogen and oxygen atoms in total. The lowest BCUT2D eigenvalue weighted by atomic mass is 9.97. The smallest absolute Gasteiger partial charge is 0.307 e. The Hall–Kier alpha value is -2.33. The van der Waals surface area contributed by atoms with E-state index >= 15 is 0 Å². The van der Waals surface area contributed by atoms with Crippen molar-refractivity contribution in [1.82, 2.24) is 5.32 Å². The van der Waals surface area contributed by atoms with E-state index in [1.807, 2.05) is 68.4 Å². The summed E-state index contributed by atoms with van der Waals surface area (Å²) in [5, 5.41) is 12.5. The predicted octanol–water partition coefficient (Wildman–Crippen LogP) is 4.10. The van der Waals surface area contributed by atoms with Crippen LogP contribution in [-0.4, -0.2) is 17.6 Å². The van der Waals surface area contributed by atoms with Crippen molar-refractivity contribution in [1.29, 1.82) is 0 Å². The lowest BCUT2D eigenvalue weighted by Gasteiger charge is -2.15. The second-order valence-corrected chi connectivity index (χ2v) is 6.72. The molecule has 2 rings (SSSR count). The van der Waals surface area contributed by atoms with Crippen molar-refractivity contribution in [2.75, 3.05) is 6.54 Å². The summed E-state index contributed by atoms with van der Waals surface area (Å²) >= 11 is 0. The van der Waals surface area contributed by atoms with Crippen LogP contribution in [0.5, 0.6) is 5.75 Å². The van der Waals surface area contributed by atoms with Gasteiger partial charge in [0.15, 0.2) is 0 Å². The van der Waals surface area contributed by atoms with Crippen molar-refractivity contribution in [2.24, 2.45) is 11.8 Å². The SMILES string of the molecule is CC(C)CC(CNCc1cccc(OCc2ccccc2)c1)C(=O)O. The Morgan fingerprint density at radius 1 is 1.08 bits per heavy atom. The van der Waals surface area contributed by atoms with Gasteiger partial charge < -0.3 is 15.2 Å². The highest BCUT2D eigenvalue weighted by Crippen LogP contribution is 2.16. The Bertz CT molecular complexity index is 655. The van der Waals surface area contributed by atoms with Gasteiger partial charge in [-0.05, 0) is 35.6 Å². The fraction of sp³-hybridized carbons (Fsp3) is 0.381. The van der Waals surface area contributed by atoms with Crippen LogP contribution in [0.4, 0.5) is 0 Å². The molecule has 0 saturated carbocycles. The zero-order valence-electron chi connectivity index (χ0n) is 14.9. The molecular formula is C21H27NO3. The van der Waals surface area contributed by atoms with E-state index in [4.69, 9.17) is 4.74 Å². The third kappa shape index (κ3) is 6.98. The minimum Gasteiger partial charge on any atom is -0.489 e. The molecule has 2 N–H and O–H groups in total. The Balaban J connectivity index is 1.83. The molecule has 2 aromatic carbocycles. The number of carboxylic acid groups (broad SMARTS) is 1. The van der Waals surface area contributed by atoms with Gasteiger partial charge in [0.05, 0.1) is 5.92 Å². The van der Waals surface area contributed by atoms with Gasteiger partial charge in [-0.15, -0.1) is 0 Å². The molecule has 0 amide bonds. The van der Waals surface area contributed by atoms with Crippen LogP contribution in [0.15, 0.2) is 54.6 Å². The first-order chi connectivity index (χ1) is 12.0. The maximum atomic E-state index is 11.3. The zero-order valence-corrected chi connectivity index (χ0v) is 14.9. The van der Waals surface area contributed by atoms with E-state index in [-0.39, 0.29) is 5.92 Å². The first-order valence-electron chi connectivity index (χ1n) is 8.73. The van der Waals surface area contributed by atoms with Crippen molar-refractivity contribution >= 4 is 5.97 Å². The van der Waals surface area contributed by atoms with Gasteiger partial charge in [0, 0.05) is 13.1 Å². The molecule has 0 fully saturated rings. The molecule has 1 atom stereocenters. The third-order valence-electron chi connectivity index (χ3n) is 3.97. The van der Waals surface area contributed by atoms with Crippen LogP contribution in [0.3, 0.4) is 0 Å². The summed E-state index contributed by atoms with van der Waals surface area (Å²) in [6, 6.07) is 17.9. The zero-order chi connectivity index (χ0) is 18.1. The number of carboxylic acids is 1. The number of nitrogens with one attached hydrogen (secondary N) is 1. The quantitative estimate of drug-likeness (QED) is 0.683. The second-order valence-electron chi connectivity index (χ2n) is 6.72. The van der Waals surface area contributed by atoms with Crippen molar-refractivity contribution in [3.63, 3.8) is 0 Å². The Morgan fingerprint density at radius 3 is 2.48 bits per heavy atom. The van der Waals surface area contributed by atoms with Gasteiger partial charge in [-0.2, -0.15) is 0 Å². The van der Waals surface area contributed by atoms with Crippen molar-refractivity contribution < 1.29 is 14.6 Å². The molecule has 134 valence electrons. The fourth-order valence-corrected chi connectivity index (χ4v) is 2.72. The molecule has 0 aromatic heterocycles. The van der Waals surface area contributed by atoms with E-state index in [1.165, 1.54) is 0 Å². The summed E-state index contributed by atoms with van der Waals surface area (Å²) < 4.78 is 5.83. The molecule has 0 bridgehead atoms. The van der Waals surface area contributed by atoms with Gasteiger partial charge in [0.2, 0.25) is 0 Å². The van der Waals surface area contributed by atoms with Crippen molar-refractivity contribution in [2.45, 2.75) is 33.4 Å². The fourth-order valence-electron chi connectivity index (χ4n) is 2.72. The second kappa shape index (κ2) is 9.84. The topological polar surface area (TPSA) is 58.6 Å². The highest BCUT2D eigenvalue weighted by Gasteiger charge is 2.18. The summed E-state index contributed by atoms with van der Waals surface area (Å²) in [6.45, 7) is 5.73. The summed E-state index contributed by atoms with van der Waals surface area (Å²) in [5.41, 5.74) is 2.21. The Kier molecular flexibility index (Phi) is 7.48. The number of rotatable bonds is 10. The molecule has 0 aliphatic carbocycles. The molecular weight excluding hydrogens is 314 g/mol. The molecule has 0 radical (unpaired) electrons. The summed E-state index contributed by atoms with van der Waals surface area (Å²) in [7, 11) is 0. The minimum atomic E-state index is -0.735. The van der Waals surface area contributed by atoms with E-state index in [0.717, 1.165) is 16.9 Å². The largest absolute Gasteiger partial charge is 0.489 e. The molecule has 0 aliphatic heterocycles. The number of ether oxygens (including phenoxy) is 1. The predicted molar refractivity (Wildman–Crippen MR) is 99.5 cm³/mol. The van der Waals surface area contributed by atoms with Crippen LogP contribution < -0.4 is 10.1 Å². The van der Waals surface area contributed by atoms with E-state index < -0.39 is 5.97 Å². The molecule has 25 heavy (non-hydrogen) atoms. The highest BCUT2D eigenvalue weighted by molar-refractivity contribution is 5.70. The average molecular weight is 341 g/mol. The standard InChI is InChI=1S/C21H27NO3/c1-16(2)11-19(21(23)24)14-22-13-18-9-6-10-20(12-18)25-15-17-7-4-3-5-8-17/h3-10,12,16,19,22H,11,13-15H2,1-2H3,(H,23,24). The Labute approximate surface area is 149 Å². The number of hydrogen-bond donors (Lipinski definition) is 2. The summed E-state index contributed by atoms with van der Waals surface area (Å²) in [4.78, 5) is 11.3. The van der Waals surface area contributed by atoms with E-state index in [0.29, 0.717) is 32.0 Å². The van der Waals surface area contributed by atoms with Crippen molar-refractivity contribution in [3.05, 3.63) is 65.7 Å². The van der Waals surface area contributed by atoms with Crippen LogP contribution in [0.1, 0.15) is 31.4 Å². The first kappa shape index (κ1) is 19.0. The number of hydrogen-bond acceptors (Lipinski definition) is 3. The summed E-state index contributed by atoms with van der Waals surface area (Å²) in [5.74, 6) is 0.108. The molecule has 0 heterocycles. The maximum Gasteiger partial charge on any atom is 0.307 e. The molecule has 4 heteroatoms. The van der Waals surface area contributed by atoms with Crippen LogP contribution >= 0.6 is 0 Å². The maximum absolute atomic E-state index is 11.3. The van der Waals surface area contributed by atoms with E-state index in [1.54, 1.807) is 0 Å². The lowest BCUT2D eigenvalue weighted by Crippen LogP contribution is -2.29. The van der Waals surface area contributed by atoms with Gasteiger partial charge in [-0.3, -0.25) is 4.79 Å².